The van der Waals surface area contributed by atoms with E-state index in [0.29, 0.717) is 16.3 Å². The van der Waals surface area contributed by atoms with E-state index in [0.717, 1.165) is 16.8 Å². The first-order valence-corrected chi connectivity index (χ1v) is 9.61. The Hall–Kier alpha value is -3.44. The molecule has 144 valence electrons. The third-order valence-corrected chi connectivity index (χ3v) is 4.88. The van der Waals surface area contributed by atoms with E-state index in [4.69, 9.17) is 11.6 Å². The summed E-state index contributed by atoms with van der Waals surface area (Å²) in [6.07, 6.45) is 5.21. The zero-order valence-electron chi connectivity index (χ0n) is 15.8. The van der Waals surface area contributed by atoms with Gasteiger partial charge in [0.2, 0.25) is 0 Å². The number of nitrogens with one attached hydrogen (secondary N) is 1. The highest BCUT2D eigenvalue weighted by Gasteiger charge is 2.20. The molecular weight excluding hydrogens is 384 g/mol. The van der Waals surface area contributed by atoms with Crippen LogP contribution in [-0.2, 0) is 0 Å². The third-order valence-electron chi connectivity index (χ3n) is 4.63. The van der Waals surface area contributed by atoms with E-state index in [1.54, 1.807) is 35.4 Å². The molecule has 29 heavy (non-hydrogen) atoms. The Morgan fingerprint density at radius 1 is 1.03 bits per heavy atom. The van der Waals surface area contributed by atoms with Crippen molar-refractivity contribution in [2.75, 3.05) is 0 Å². The fraction of sp³-hybridized carbons (Fsp3) is 0.0870. The van der Waals surface area contributed by atoms with E-state index in [9.17, 15) is 4.79 Å². The molecule has 4 aromatic rings. The number of rotatable bonds is 5. The van der Waals surface area contributed by atoms with Crippen molar-refractivity contribution >= 4 is 17.5 Å². The molecule has 2 aromatic carbocycles. The molecule has 1 N–H and O–H groups in total. The van der Waals surface area contributed by atoms with Crippen molar-refractivity contribution in [2.45, 2.75) is 13.0 Å². The maximum absolute atomic E-state index is 13.1. The number of hydrogen-bond acceptors (Lipinski definition) is 3. The van der Waals surface area contributed by atoms with Crippen LogP contribution in [0.25, 0.3) is 16.9 Å². The van der Waals surface area contributed by atoms with Crippen molar-refractivity contribution in [3.05, 3.63) is 101 Å². The SMILES string of the molecule is CC(NC(=O)c1cn(-c2ccccc2)nc1-c1ccc(Cl)cc1)c1cccnc1. The minimum absolute atomic E-state index is 0.186. The maximum atomic E-state index is 13.1. The molecule has 0 spiro atoms. The molecule has 0 saturated heterocycles. The van der Waals surface area contributed by atoms with Crippen LogP contribution in [0.3, 0.4) is 0 Å². The topological polar surface area (TPSA) is 59.8 Å². The van der Waals surface area contributed by atoms with Gasteiger partial charge in [0.15, 0.2) is 0 Å². The number of carbonyl (C=O) groups is 1. The second kappa shape index (κ2) is 8.29. The summed E-state index contributed by atoms with van der Waals surface area (Å²) >= 11 is 6.03. The van der Waals surface area contributed by atoms with Crippen molar-refractivity contribution in [1.29, 1.82) is 0 Å². The molecule has 0 aliphatic rings. The third kappa shape index (κ3) is 4.20. The van der Waals surface area contributed by atoms with Gasteiger partial charge in [-0.15, -0.1) is 0 Å². The first-order valence-electron chi connectivity index (χ1n) is 9.23. The molecule has 0 radical (unpaired) electrons. The van der Waals surface area contributed by atoms with Gasteiger partial charge in [0.05, 0.1) is 17.3 Å². The largest absolute Gasteiger partial charge is 0.345 e. The lowest BCUT2D eigenvalue weighted by Crippen LogP contribution is -2.26. The fourth-order valence-electron chi connectivity index (χ4n) is 3.06. The lowest BCUT2D eigenvalue weighted by atomic mass is 10.1. The summed E-state index contributed by atoms with van der Waals surface area (Å²) in [4.78, 5) is 17.2. The van der Waals surface area contributed by atoms with Crippen LogP contribution in [-0.4, -0.2) is 20.7 Å². The predicted molar refractivity (Wildman–Crippen MR) is 114 cm³/mol. The number of hydrogen-bond donors (Lipinski definition) is 1. The number of benzene rings is 2. The van der Waals surface area contributed by atoms with Gasteiger partial charge in [-0.2, -0.15) is 5.10 Å². The zero-order valence-corrected chi connectivity index (χ0v) is 16.5. The summed E-state index contributed by atoms with van der Waals surface area (Å²) in [6.45, 7) is 1.93. The van der Waals surface area contributed by atoms with Crippen LogP contribution in [0.2, 0.25) is 5.02 Å². The van der Waals surface area contributed by atoms with Gasteiger partial charge in [0, 0.05) is 29.2 Å². The number of carbonyl (C=O) groups excluding carboxylic acids is 1. The number of pyridine rings is 1. The van der Waals surface area contributed by atoms with Crippen LogP contribution in [0.15, 0.2) is 85.3 Å². The van der Waals surface area contributed by atoms with E-state index in [1.807, 2.05) is 61.5 Å². The lowest BCUT2D eigenvalue weighted by molar-refractivity contribution is 0.0940. The van der Waals surface area contributed by atoms with Gasteiger partial charge in [-0.3, -0.25) is 9.78 Å². The van der Waals surface area contributed by atoms with Crippen LogP contribution in [0.5, 0.6) is 0 Å². The Balaban J connectivity index is 1.71. The summed E-state index contributed by atoms with van der Waals surface area (Å²) in [5.74, 6) is -0.200. The second-order valence-corrected chi connectivity index (χ2v) is 7.10. The van der Waals surface area contributed by atoms with Crippen LogP contribution in [0.4, 0.5) is 0 Å². The van der Waals surface area contributed by atoms with Crippen LogP contribution >= 0.6 is 11.6 Å². The van der Waals surface area contributed by atoms with Crippen LogP contribution in [0, 0.1) is 0 Å². The van der Waals surface area contributed by atoms with Gasteiger partial charge in [-0.1, -0.05) is 48.0 Å². The van der Waals surface area contributed by atoms with Crippen molar-refractivity contribution in [3.63, 3.8) is 0 Å². The Morgan fingerprint density at radius 3 is 2.48 bits per heavy atom. The van der Waals surface area contributed by atoms with Crippen molar-refractivity contribution in [1.82, 2.24) is 20.1 Å². The molecular formula is C23H19ClN4O. The standard InChI is InChI=1S/C23H19ClN4O/c1-16(18-6-5-13-25-14-18)26-23(29)21-15-28(20-7-3-2-4-8-20)27-22(21)17-9-11-19(24)12-10-17/h2-16H,1H3,(H,26,29). The molecule has 0 saturated carbocycles. The lowest BCUT2D eigenvalue weighted by Gasteiger charge is -2.13. The van der Waals surface area contributed by atoms with Gasteiger partial charge in [-0.05, 0) is 42.8 Å². The molecule has 1 unspecified atom stereocenters. The van der Waals surface area contributed by atoms with Gasteiger partial charge < -0.3 is 5.32 Å². The van der Waals surface area contributed by atoms with E-state index in [-0.39, 0.29) is 11.9 Å². The average molecular weight is 403 g/mol. The number of aromatic nitrogens is 3. The molecule has 0 aliphatic carbocycles. The molecule has 2 heterocycles. The minimum atomic E-state index is -0.200. The van der Waals surface area contributed by atoms with E-state index < -0.39 is 0 Å². The molecule has 0 aliphatic heterocycles. The van der Waals surface area contributed by atoms with Crippen molar-refractivity contribution < 1.29 is 4.79 Å². The van der Waals surface area contributed by atoms with Crippen LogP contribution in [0.1, 0.15) is 28.9 Å². The van der Waals surface area contributed by atoms with Gasteiger partial charge in [0.1, 0.15) is 5.69 Å². The highest BCUT2D eigenvalue weighted by molar-refractivity contribution is 6.30. The molecule has 2 aromatic heterocycles. The molecule has 1 amide bonds. The maximum Gasteiger partial charge on any atom is 0.255 e. The average Bonchev–Trinajstić information content (AvgIpc) is 3.21. The molecule has 6 heteroatoms. The summed E-state index contributed by atoms with van der Waals surface area (Å²) in [6, 6.07) is 20.6. The fourth-order valence-corrected chi connectivity index (χ4v) is 3.19. The minimum Gasteiger partial charge on any atom is -0.345 e. The summed E-state index contributed by atoms with van der Waals surface area (Å²) < 4.78 is 1.72. The van der Waals surface area contributed by atoms with E-state index >= 15 is 0 Å². The summed E-state index contributed by atoms with van der Waals surface area (Å²) in [5, 5.41) is 8.35. The monoisotopic (exact) mass is 402 g/mol. The summed E-state index contributed by atoms with van der Waals surface area (Å²) in [7, 11) is 0. The zero-order chi connectivity index (χ0) is 20.2. The molecule has 1 atom stereocenters. The Labute approximate surface area is 174 Å². The quantitative estimate of drug-likeness (QED) is 0.506. The van der Waals surface area contributed by atoms with Gasteiger partial charge >= 0.3 is 0 Å². The van der Waals surface area contributed by atoms with Crippen molar-refractivity contribution in [3.8, 4) is 16.9 Å². The highest BCUT2D eigenvalue weighted by atomic mass is 35.5. The van der Waals surface area contributed by atoms with Gasteiger partial charge in [0.25, 0.3) is 5.91 Å². The second-order valence-electron chi connectivity index (χ2n) is 6.66. The Morgan fingerprint density at radius 2 is 1.79 bits per heavy atom. The first kappa shape index (κ1) is 18.9. The van der Waals surface area contributed by atoms with E-state index in [1.165, 1.54) is 0 Å². The molecule has 0 bridgehead atoms. The van der Waals surface area contributed by atoms with Crippen LogP contribution < -0.4 is 5.32 Å². The number of para-hydroxylation sites is 1. The Kier molecular flexibility index (Phi) is 5.40. The first-order chi connectivity index (χ1) is 14.1. The molecule has 0 fully saturated rings. The summed E-state index contributed by atoms with van der Waals surface area (Å²) in [5.41, 5.74) is 3.72. The van der Waals surface area contributed by atoms with E-state index in [2.05, 4.69) is 15.4 Å². The molecule has 4 rings (SSSR count). The Bertz CT molecular complexity index is 1110. The van der Waals surface area contributed by atoms with Crippen molar-refractivity contribution in [2.24, 2.45) is 0 Å². The number of nitrogens with zero attached hydrogens (tertiary/aromatic N) is 3. The predicted octanol–water partition coefficient (Wildman–Crippen LogP) is 5.08. The highest BCUT2D eigenvalue weighted by Crippen LogP contribution is 2.26. The smallest absolute Gasteiger partial charge is 0.255 e. The molecule has 5 nitrogen and oxygen atoms in total. The number of amides is 1. The van der Waals surface area contributed by atoms with Gasteiger partial charge in [-0.25, -0.2) is 4.68 Å². The normalized spacial score (nSPS) is 11.8. The number of halogens is 1.